The molecule has 1 aliphatic carbocycles. The van der Waals surface area contributed by atoms with E-state index in [0.717, 1.165) is 42.3 Å². The third kappa shape index (κ3) is 4.41. The van der Waals surface area contributed by atoms with Gasteiger partial charge in [0.1, 0.15) is 8.07 Å². The van der Waals surface area contributed by atoms with Crippen LogP contribution in [0.5, 0.6) is 0 Å². The van der Waals surface area contributed by atoms with E-state index in [9.17, 15) is 9.59 Å². The fourth-order valence-corrected chi connectivity index (χ4v) is 4.45. The summed E-state index contributed by atoms with van der Waals surface area (Å²) in [6.45, 7) is 7.36. The molecule has 0 N–H and O–H groups in total. The van der Waals surface area contributed by atoms with Crippen molar-refractivity contribution in [3.05, 3.63) is 34.2 Å². The molecule has 1 saturated carbocycles. The summed E-state index contributed by atoms with van der Waals surface area (Å²) in [5.74, 6) is 3.60. The summed E-state index contributed by atoms with van der Waals surface area (Å²) < 4.78 is 8.48. The number of carbonyl (C=O) groups is 1. The summed E-state index contributed by atoms with van der Waals surface area (Å²) >= 11 is 0. The number of hydrogen-bond donors (Lipinski definition) is 0. The number of aromatic nitrogens is 2. The second-order valence-electron chi connectivity index (χ2n) is 8.90. The van der Waals surface area contributed by atoms with Crippen LogP contribution in [0.4, 0.5) is 0 Å². The molecule has 1 fully saturated rings. The van der Waals surface area contributed by atoms with E-state index in [2.05, 4.69) is 31.1 Å². The van der Waals surface area contributed by atoms with E-state index in [4.69, 9.17) is 4.74 Å². The highest BCUT2D eigenvalue weighted by Crippen LogP contribution is 2.31. The average molecular weight is 399 g/mol. The Morgan fingerprint density at radius 3 is 2.46 bits per heavy atom. The maximum atomic E-state index is 12.8. The van der Waals surface area contributed by atoms with Crippen molar-refractivity contribution in [3.63, 3.8) is 0 Å². The molecular formula is C22H30N2O3Si. The van der Waals surface area contributed by atoms with Crippen molar-refractivity contribution in [1.29, 1.82) is 0 Å². The molecule has 6 heteroatoms. The first-order chi connectivity index (χ1) is 13.2. The lowest BCUT2D eigenvalue weighted by atomic mass is 9.82. The van der Waals surface area contributed by atoms with Gasteiger partial charge in [-0.15, -0.1) is 5.54 Å². The summed E-state index contributed by atoms with van der Waals surface area (Å²) in [4.78, 5) is 24.6. The zero-order valence-electron chi connectivity index (χ0n) is 17.5. The van der Waals surface area contributed by atoms with Gasteiger partial charge in [-0.05, 0) is 49.8 Å². The van der Waals surface area contributed by atoms with Crippen molar-refractivity contribution >= 4 is 25.1 Å². The van der Waals surface area contributed by atoms with Crippen LogP contribution >= 0.6 is 0 Å². The lowest BCUT2D eigenvalue weighted by Gasteiger charge is -2.27. The van der Waals surface area contributed by atoms with E-state index in [0.29, 0.717) is 12.5 Å². The highest BCUT2D eigenvalue weighted by atomic mass is 28.3. The molecule has 0 saturated heterocycles. The Balaban J connectivity index is 1.86. The second-order valence-corrected chi connectivity index (χ2v) is 13.6. The predicted octanol–water partition coefficient (Wildman–Crippen LogP) is 3.55. The minimum Gasteiger partial charge on any atom is -0.469 e. The van der Waals surface area contributed by atoms with E-state index < -0.39 is 8.07 Å². The Hall–Kier alpha value is -2.26. The van der Waals surface area contributed by atoms with Crippen LogP contribution in [0.2, 0.25) is 19.6 Å². The third-order valence-electron chi connectivity index (χ3n) is 5.55. The molecular weight excluding hydrogens is 368 g/mol. The van der Waals surface area contributed by atoms with E-state index >= 15 is 0 Å². The Labute approximate surface area is 167 Å². The summed E-state index contributed by atoms with van der Waals surface area (Å²) in [6.07, 6.45) is 3.56. The zero-order valence-corrected chi connectivity index (χ0v) is 18.5. The standard InChI is InChI=1S/C22H30N2O3Si/c1-23-19-11-8-16(12-13-28(3,4)5)14-20(19)24(22(23)26)15-17-6-9-18(10-7-17)21(25)27-2/h8,11,14,17-18H,6-7,9-10,15H2,1-5H3/t17-,18-. The van der Waals surface area contributed by atoms with Crippen molar-refractivity contribution in [2.24, 2.45) is 18.9 Å². The summed E-state index contributed by atoms with van der Waals surface area (Å²) in [5.41, 5.74) is 6.26. The molecule has 150 valence electrons. The molecule has 28 heavy (non-hydrogen) atoms. The molecule has 1 aromatic heterocycles. The summed E-state index contributed by atoms with van der Waals surface area (Å²) in [7, 11) is 1.82. The van der Waals surface area contributed by atoms with Crippen LogP contribution in [0.15, 0.2) is 23.0 Å². The van der Waals surface area contributed by atoms with Gasteiger partial charge >= 0.3 is 11.7 Å². The first-order valence-electron chi connectivity index (χ1n) is 10.00. The van der Waals surface area contributed by atoms with Gasteiger partial charge in [-0.2, -0.15) is 0 Å². The lowest BCUT2D eigenvalue weighted by molar-refractivity contribution is -0.146. The molecule has 1 heterocycles. The number of fused-ring (bicyclic) bond motifs is 1. The summed E-state index contributed by atoms with van der Waals surface area (Å²) in [5, 5.41) is 0. The highest BCUT2D eigenvalue weighted by Gasteiger charge is 2.27. The first kappa shape index (κ1) is 20.5. The van der Waals surface area contributed by atoms with Crippen LogP contribution in [0.1, 0.15) is 31.2 Å². The number of hydrogen-bond acceptors (Lipinski definition) is 3. The Bertz CT molecular complexity index is 993. The van der Waals surface area contributed by atoms with Gasteiger partial charge in [-0.1, -0.05) is 25.6 Å². The zero-order chi connectivity index (χ0) is 20.5. The smallest absolute Gasteiger partial charge is 0.328 e. The van der Waals surface area contributed by atoms with Gasteiger partial charge < -0.3 is 4.74 Å². The minimum atomic E-state index is -1.45. The maximum Gasteiger partial charge on any atom is 0.328 e. The van der Waals surface area contributed by atoms with Gasteiger partial charge in [-0.3, -0.25) is 13.9 Å². The number of nitrogens with zero attached hydrogens (tertiary/aromatic N) is 2. The molecule has 3 rings (SSSR count). The van der Waals surface area contributed by atoms with E-state index in [1.54, 1.807) is 4.57 Å². The quantitative estimate of drug-likeness (QED) is 0.451. The molecule has 1 aliphatic rings. The monoisotopic (exact) mass is 398 g/mol. The van der Waals surface area contributed by atoms with E-state index in [1.165, 1.54) is 7.11 Å². The van der Waals surface area contributed by atoms with Crippen molar-refractivity contribution < 1.29 is 9.53 Å². The molecule has 0 spiro atoms. The molecule has 0 atom stereocenters. The van der Waals surface area contributed by atoms with Crippen molar-refractivity contribution in [2.75, 3.05) is 7.11 Å². The number of benzene rings is 1. The van der Waals surface area contributed by atoms with Crippen LogP contribution in [0, 0.1) is 23.3 Å². The highest BCUT2D eigenvalue weighted by molar-refractivity contribution is 6.83. The first-order valence-corrected chi connectivity index (χ1v) is 13.5. The lowest BCUT2D eigenvalue weighted by Crippen LogP contribution is -2.29. The van der Waals surface area contributed by atoms with Gasteiger partial charge in [0.2, 0.25) is 0 Å². The third-order valence-corrected chi connectivity index (χ3v) is 6.42. The number of imidazole rings is 1. The number of methoxy groups -OCH3 is 1. The molecule has 0 unspecified atom stereocenters. The molecule has 0 radical (unpaired) electrons. The van der Waals surface area contributed by atoms with Crippen LogP contribution in [0.3, 0.4) is 0 Å². The SMILES string of the molecule is COC(=O)[C@H]1CC[C@H](Cn2c(=O)n(C)c3ccc(C#C[Si](C)(C)C)cc32)CC1. The van der Waals surface area contributed by atoms with Crippen LogP contribution in [-0.4, -0.2) is 30.3 Å². The van der Waals surface area contributed by atoms with Crippen LogP contribution in [-0.2, 0) is 23.1 Å². The summed E-state index contributed by atoms with van der Waals surface area (Å²) in [6, 6.07) is 6.04. The number of ether oxygens (including phenoxy) is 1. The maximum absolute atomic E-state index is 12.8. The van der Waals surface area contributed by atoms with E-state index in [1.807, 2.05) is 29.8 Å². The molecule has 0 amide bonds. The Morgan fingerprint density at radius 1 is 1.18 bits per heavy atom. The average Bonchev–Trinajstić information content (AvgIpc) is 2.90. The molecule has 2 aromatic rings. The van der Waals surface area contributed by atoms with E-state index in [-0.39, 0.29) is 17.6 Å². The fraction of sp³-hybridized carbons (Fsp3) is 0.545. The number of esters is 1. The van der Waals surface area contributed by atoms with Gasteiger partial charge in [0.05, 0.1) is 24.1 Å². The molecule has 1 aromatic carbocycles. The Morgan fingerprint density at radius 2 is 1.86 bits per heavy atom. The number of carbonyl (C=O) groups excluding carboxylic acids is 1. The largest absolute Gasteiger partial charge is 0.469 e. The van der Waals surface area contributed by atoms with Crippen LogP contribution < -0.4 is 5.69 Å². The minimum absolute atomic E-state index is 0.00827. The van der Waals surface area contributed by atoms with Crippen molar-refractivity contribution in [2.45, 2.75) is 51.9 Å². The van der Waals surface area contributed by atoms with Gasteiger partial charge in [0.15, 0.2) is 0 Å². The predicted molar refractivity (Wildman–Crippen MR) is 115 cm³/mol. The van der Waals surface area contributed by atoms with Gasteiger partial charge in [0.25, 0.3) is 0 Å². The molecule has 0 bridgehead atoms. The fourth-order valence-electron chi connectivity index (χ4n) is 3.93. The van der Waals surface area contributed by atoms with Crippen molar-refractivity contribution in [1.82, 2.24) is 9.13 Å². The normalized spacial score (nSPS) is 19.9. The molecule has 0 aliphatic heterocycles. The van der Waals surface area contributed by atoms with Gasteiger partial charge in [-0.25, -0.2) is 4.79 Å². The Kier molecular flexibility index (Phi) is 5.85. The topological polar surface area (TPSA) is 53.2 Å². The van der Waals surface area contributed by atoms with Gasteiger partial charge in [0, 0.05) is 19.2 Å². The van der Waals surface area contributed by atoms with Crippen molar-refractivity contribution in [3.8, 4) is 11.5 Å². The molecule has 5 nitrogen and oxygen atoms in total. The number of rotatable bonds is 3. The second kappa shape index (κ2) is 8.00. The number of aryl methyl sites for hydroxylation is 1. The van der Waals surface area contributed by atoms with Crippen LogP contribution in [0.25, 0.3) is 11.0 Å².